The molecule has 0 unspecified atom stereocenters. The topological polar surface area (TPSA) is 4.93 Å². The third-order valence-electron chi connectivity index (χ3n) is 2.03. The predicted octanol–water partition coefficient (Wildman–Crippen LogP) is 2.29. The molecule has 1 aromatic carbocycles. The molecular weight excluding hydrogens is 299 g/mol. The molecule has 2 aromatic rings. The Kier molecular flexibility index (Phi) is 3.22. The van der Waals surface area contributed by atoms with Gasteiger partial charge in [0.2, 0.25) is 0 Å². The van der Waals surface area contributed by atoms with Crippen molar-refractivity contribution in [1.82, 2.24) is 4.57 Å². The molecule has 0 amide bonds. The molecule has 1 aromatic heterocycles. The summed E-state index contributed by atoms with van der Waals surface area (Å²) in [5.74, 6) is 0. The van der Waals surface area contributed by atoms with Crippen LogP contribution in [0.15, 0.2) is 24.4 Å². The Balaban J connectivity index is 0.000000720. The summed E-state index contributed by atoms with van der Waals surface area (Å²) in [5.41, 5.74) is 2.60. The number of benzene rings is 1. The number of hydrogen-bond donors (Lipinski definition) is 0. The van der Waals surface area contributed by atoms with Crippen LogP contribution < -0.4 is 0 Å². The molecule has 1 heterocycles. The Labute approximate surface area is 102 Å². The van der Waals surface area contributed by atoms with Crippen LogP contribution in [0.5, 0.6) is 0 Å². The predicted molar refractivity (Wildman–Crippen MR) is 46.5 cm³/mol. The van der Waals surface area contributed by atoms with E-state index < -0.39 is 0 Å². The minimum absolute atomic E-state index is 0. The molecule has 0 atom stereocenters. The molecule has 0 aliphatic rings. The number of hydrogen-bond acceptors (Lipinski definition) is 0. The molecule has 1 radical (unpaired) electrons. The fourth-order valence-corrected chi connectivity index (χ4v) is 1.48. The smallest absolute Gasteiger partial charge is 0.00893 e. The zero-order valence-electron chi connectivity index (χ0n) is 7.06. The van der Waals surface area contributed by atoms with Gasteiger partial charge in [0.1, 0.15) is 0 Å². The van der Waals surface area contributed by atoms with E-state index in [1.54, 1.807) is 0 Å². The first-order valence-electron chi connectivity index (χ1n) is 3.71. The standard InChI is InChI=1S/C10H10N.Ho/c1-8-7-11(2)10-6-4-3-5-9(8)10;/h4-7H,1-2H3;/q-1;. The van der Waals surface area contributed by atoms with Gasteiger partial charge in [-0.3, -0.25) is 0 Å². The quantitative estimate of drug-likeness (QED) is 0.520. The van der Waals surface area contributed by atoms with Gasteiger partial charge in [-0.05, 0) is 13.1 Å². The molecule has 0 saturated heterocycles. The van der Waals surface area contributed by atoms with Crippen molar-refractivity contribution < 1.29 is 37.7 Å². The van der Waals surface area contributed by atoms with Gasteiger partial charge in [0, 0.05) is 44.8 Å². The third-order valence-corrected chi connectivity index (χ3v) is 2.03. The van der Waals surface area contributed by atoms with Gasteiger partial charge in [-0.25, -0.2) is 0 Å². The van der Waals surface area contributed by atoms with Crippen LogP contribution in [0.1, 0.15) is 5.56 Å². The van der Waals surface area contributed by atoms with Crippen molar-refractivity contribution in [3.63, 3.8) is 0 Å². The van der Waals surface area contributed by atoms with Crippen LogP contribution in [0.2, 0.25) is 0 Å². The zero-order valence-corrected chi connectivity index (χ0v) is 8.99. The van der Waals surface area contributed by atoms with Gasteiger partial charge in [-0.15, -0.1) is 11.5 Å². The van der Waals surface area contributed by atoms with Crippen LogP contribution >= 0.6 is 0 Å². The molecule has 0 fully saturated rings. The summed E-state index contributed by atoms with van der Waals surface area (Å²) in [5, 5.41) is 1.30. The van der Waals surface area contributed by atoms with Crippen molar-refractivity contribution in [3.8, 4) is 0 Å². The van der Waals surface area contributed by atoms with Crippen molar-refractivity contribution in [2.45, 2.75) is 6.92 Å². The Morgan fingerprint density at radius 3 is 2.83 bits per heavy atom. The van der Waals surface area contributed by atoms with Gasteiger partial charge in [0.15, 0.2) is 0 Å². The van der Waals surface area contributed by atoms with Crippen molar-refractivity contribution >= 4 is 10.9 Å². The summed E-state index contributed by atoms with van der Waals surface area (Å²) in [6.07, 6.45) is 2.14. The molecule has 0 aliphatic heterocycles. The van der Waals surface area contributed by atoms with Crippen LogP contribution in [-0.2, 0) is 7.05 Å². The van der Waals surface area contributed by atoms with Gasteiger partial charge >= 0.3 is 0 Å². The molecule has 1 nitrogen and oxygen atoms in total. The molecular formula is C10H10HoN-. The first-order chi connectivity index (χ1) is 5.29. The van der Waals surface area contributed by atoms with Crippen LogP contribution in [0.3, 0.4) is 0 Å². The minimum atomic E-state index is 0. The van der Waals surface area contributed by atoms with Crippen molar-refractivity contribution in [2.24, 2.45) is 7.05 Å². The molecule has 0 bridgehead atoms. The van der Waals surface area contributed by atoms with Gasteiger partial charge in [-0.1, -0.05) is 11.1 Å². The SMILES string of the molecule is Cc1cn(C)c2cc[c-]cc12.[Ho]. The number of rotatable bonds is 0. The van der Waals surface area contributed by atoms with E-state index >= 15 is 0 Å². The summed E-state index contributed by atoms with van der Waals surface area (Å²) in [6.45, 7) is 2.12. The van der Waals surface area contributed by atoms with E-state index in [0.29, 0.717) is 0 Å². The molecule has 0 spiro atoms. The average Bonchev–Trinajstić information content (AvgIpc) is 2.30. The molecule has 0 aliphatic carbocycles. The zero-order chi connectivity index (χ0) is 7.84. The maximum atomic E-state index is 3.08. The van der Waals surface area contributed by atoms with Gasteiger partial charge in [0.25, 0.3) is 0 Å². The summed E-state index contributed by atoms with van der Waals surface area (Å²) in [6, 6.07) is 9.14. The monoisotopic (exact) mass is 309 g/mol. The van der Waals surface area contributed by atoms with Gasteiger partial charge in [-0.2, -0.15) is 18.2 Å². The summed E-state index contributed by atoms with van der Waals surface area (Å²) in [4.78, 5) is 0. The fraction of sp³-hybridized carbons (Fsp3) is 0.200. The van der Waals surface area contributed by atoms with E-state index in [1.807, 2.05) is 12.1 Å². The Morgan fingerprint density at radius 2 is 2.17 bits per heavy atom. The van der Waals surface area contributed by atoms with Gasteiger partial charge in [0.05, 0.1) is 0 Å². The van der Waals surface area contributed by atoms with Crippen molar-refractivity contribution in [1.29, 1.82) is 0 Å². The van der Waals surface area contributed by atoms with E-state index in [-0.39, 0.29) is 37.7 Å². The van der Waals surface area contributed by atoms with E-state index in [2.05, 4.69) is 36.9 Å². The fourth-order valence-electron chi connectivity index (χ4n) is 1.48. The first-order valence-corrected chi connectivity index (χ1v) is 3.71. The second-order valence-corrected chi connectivity index (χ2v) is 2.87. The second kappa shape index (κ2) is 3.82. The summed E-state index contributed by atoms with van der Waals surface area (Å²) < 4.78 is 2.14. The molecule has 0 saturated carbocycles. The maximum Gasteiger partial charge on any atom is 0.00893 e. The minimum Gasteiger partial charge on any atom is -0.374 e. The number of aromatic nitrogens is 1. The number of aryl methyl sites for hydroxylation is 2. The van der Waals surface area contributed by atoms with Crippen LogP contribution in [0, 0.1) is 50.7 Å². The average molecular weight is 309 g/mol. The number of nitrogens with zero attached hydrogens (tertiary/aromatic N) is 1. The van der Waals surface area contributed by atoms with Crippen LogP contribution in [-0.4, -0.2) is 4.57 Å². The summed E-state index contributed by atoms with van der Waals surface area (Å²) in [7, 11) is 2.06. The van der Waals surface area contributed by atoms with Gasteiger partial charge < -0.3 is 4.57 Å². The first kappa shape index (κ1) is 10.1. The molecule has 67 valence electrons. The normalized spacial score (nSPS) is 9.83. The van der Waals surface area contributed by atoms with E-state index in [9.17, 15) is 0 Å². The van der Waals surface area contributed by atoms with E-state index in [4.69, 9.17) is 0 Å². The van der Waals surface area contributed by atoms with Crippen LogP contribution in [0.4, 0.5) is 0 Å². The third kappa shape index (κ3) is 1.54. The van der Waals surface area contributed by atoms with Crippen molar-refractivity contribution in [3.05, 3.63) is 36.0 Å². The Morgan fingerprint density at radius 1 is 1.42 bits per heavy atom. The van der Waals surface area contributed by atoms with Crippen molar-refractivity contribution in [2.75, 3.05) is 0 Å². The van der Waals surface area contributed by atoms with E-state index in [0.717, 1.165) is 0 Å². The molecule has 2 heteroatoms. The Bertz CT molecular complexity index is 354. The molecule has 0 N–H and O–H groups in total. The Hall–Kier alpha value is 0.0197. The van der Waals surface area contributed by atoms with E-state index in [1.165, 1.54) is 16.5 Å². The molecule has 2 rings (SSSR count). The largest absolute Gasteiger partial charge is 0.374 e. The second-order valence-electron chi connectivity index (χ2n) is 2.87. The van der Waals surface area contributed by atoms with Crippen LogP contribution in [0.25, 0.3) is 10.9 Å². The summed E-state index contributed by atoms with van der Waals surface area (Å²) >= 11 is 0. The molecule has 12 heavy (non-hydrogen) atoms. The maximum absolute atomic E-state index is 3.08. The number of fused-ring (bicyclic) bond motifs is 1.